The Bertz CT molecular complexity index is 440. The van der Waals surface area contributed by atoms with Crippen molar-refractivity contribution in [2.24, 2.45) is 0 Å². The van der Waals surface area contributed by atoms with Crippen molar-refractivity contribution >= 4 is 21.9 Å². The van der Waals surface area contributed by atoms with Crippen molar-refractivity contribution in [1.29, 1.82) is 5.26 Å². The predicted molar refractivity (Wildman–Crippen MR) is 54.5 cm³/mol. The molecule has 0 aliphatic rings. The lowest BCUT2D eigenvalue weighted by Gasteiger charge is -2.03. The van der Waals surface area contributed by atoms with Crippen LogP contribution in [-0.2, 0) is 16.0 Å². The van der Waals surface area contributed by atoms with Gasteiger partial charge in [-0.1, -0.05) is 0 Å². The minimum atomic E-state index is -0.583. The van der Waals surface area contributed by atoms with E-state index in [1.165, 1.54) is 13.2 Å². The van der Waals surface area contributed by atoms with E-state index in [1.54, 1.807) is 0 Å². The molecule has 0 saturated heterocycles. The van der Waals surface area contributed by atoms with Crippen LogP contribution in [0.3, 0.4) is 0 Å². The second kappa shape index (κ2) is 4.89. The zero-order valence-corrected chi connectivity index (χ0v) is 9.47. The number of carbonyl (C=O) groups is 1. The third-order valence-electron chi connectivity index (χ3n) is 1.82. The van der Waals surface area contributed by atoms with Crippen molar-refractivity contribution in [3.05, 3.63) is 33.5 Å². The minimum Gasteiger partial charge on any atom is -0.469 e. The van der Waals surface area contributed by atoms with E-state index in [1.807, 2.05) is 6.07 Å². The average molecular weight is 272 g/mol. The van der Waals surface area contributed by atoms with Crippen molar-refractivity contribution in [3.63, 3.8) is 0 Å². The molecule has 0 spiro atoms. The van der Waals surface area contributed by atoms with Crippen molar-refractivity contribution in [3.8, 4) is 6.07 Å². The topological polar surface area (TPSA) is 50.1 Å². The van der Waals surface area contributed by atoms with Gasteiger partial charge in [0.1, 0.15) is 11.9 Å². The van der Waals surface area contributed by atoms with Crippen LogP contribution in [0.4, 0.5) is 4.39 Å². The van der Waals surface area contributed by atoms with E-state index in [-0.39, 0.29) is 17.5 Å². The molecule has 0 amide bonds. The van der Waals surface area contributed by atoms with Crippen LogP contribution < -0.4 is 0 Å². The van der Waals surface area contributed by atoms with Crippen LogP contribution in [0.5, 0.6) is 0 Å². The molecule has 0 saturated carbocycles. The number of ether oxygens (including phenoxy) is 1. The first-order valence-electron chi connectivity index (χ1n) is 4.03. The van der Waals surface area contributed by atoms with Crippen LogP contribution in [0.15, 0.2) is 16.6 Å². The van der Waals surface area contributed by atoms with Crippen LogP contribution in [0.1, 0.15) is 11.1 Å². The van der Waals surface area contributed by atoms with Crippen molar-refractivity contribution < 1.29 is 13.9 Å². The monoisotopic (exact) mass is 271 g/mol. The molecule has 1 rings (SSSR count). The molecule has 0 radical (unpaired) electrons. The van der Waals surface area contributed by atoms with Gasteiger partial charge >= 0.3 is 5.97 Å². The maximum absolute atomic E-state index is 13.3. The van der Waals surface area contributed by atoms with Gasteiger partial charge in [-0.2, -0.15) is 5.26 Å². The first-order chi connectivity index (χ1) is 7.08. The molecule has 0 unspecified atom stereocenters. The molecule has 1 aromatic carbocycles. The quantitative estimate of drug-likeness (QED) is 0.775. The molecule has 0 atom stereocenters. The number of nitriles is 1. The number of esters is 1. The Labute approximate surface area is 94.6 Å². The summed E-state index contributed by atoms with van der Waals surface area (Å²) in [7, 11) is 1.24. The third-order valence-corrected chi connectivity index (χ3v) is 2.48. The van der Waals surface area contributed by atoms with Crippen molar-refractivity contribution in [1.82, 2.24) is 0 Å². The molecule has 0 aliphatic heterocycles. The van der Waals surface area contributed by atoms with Gasteiger partial charge in [-0.15, -0.1) is 0 Å². The number of nitrogens with zero attached hydrogens (tertiary/aromatic N) is 1. The molecule has 5 heteroatoms. The zero-order valence-electron chi connectivity index (χ0n) is 7.88. The van der Waals surface area contributed by atoms with Gasteiger partial charge < -0.3 is 4.74 Å². The number of benzene rings is 1. The first kappa shape index (κ1) is 11.7. The van der Waals surface area contributed by atoms with E-state index >= 15 is 0 Å². The maximum Gasteiger partial charge on any atom is 0.310 e. The number of carbonyl (C=O) groups excluding carboxylic acids is 1. The summed E-state index contributed by atoms with van der Waals surface area (Å²) < 4.78 is 18.2. The van der Waals surface area contributed by atoms with Gasteiger partial charge in [0.05, 0.1) is 19.1 Å². The van der Waals surface area contributed by atoms with E-state index in [9.17, 15) is 9.18 Å². The minimum absolute atomic E-state index is 0.146. The highest BCUT2D eigenvalue weighted by molar-refractivity contribution is 9.10. The molecule has 0 bridgehead atoms. The number of halogens is 2. The summed E-state index contributed by atoms with van der Waals surface area (Å²) in [4.78, 5) is 10.9. The normalized spacial score (nSPS) is 9.47. The lowest BCUT2D eigenvalue weighted by Crippen LogP contribution is -2.06. The smallest absolute Gasteiger partial charge is 0.310 e. The van der Waals surface area contributed by atoms with Crippen LogP contribution >= 0.6 is 15.9 Å². The van der Waals surface area contributed by atoms with E-state index < -0.39 is 11.8 Å². The molecular weight excluding hydrogens is 265 g/mol. The van der Waals surface area contributed by atoms with E-state index in [2.05, 4.69) is 20.7 Å². The predicted octanol–water partition coefficient (Wildman–Crippen LogP) is 2.18. The number of rotatable bonds is 2. The van der Waals surface area contributed by atoms with Gasteiger partial charge in [0.25, 0.3) is 0 Å². The van der Waals surface area contributed by atoms with Crippen LogP contribution in [0.2, 0.25) is 0 Å². The maximum atomic E-state index is 13.3. The molecule has 15 heavy (non-hydrogen) atoms. The fourth-order valence-electron chi connectivity index (χ4n) is 1.04. The summed E-state index contributed by atoms with van der Waals surface area (Å²) in [5.41, 5.74) is 0.397. The Morgan fingerprint density at radius 1 is 1.67 bits per heavy atom. The number of hydrogen-bond acceptors (Lipinski definition) is 3. The van der Waals surface area contributed by atoms with Gasteiger partial charge in [0.2, 0.25) is 0 Å². The summed E-state index contributed by atoms with van der Waals surface area (Å²) in [6, 6.07) is 4.32. The summed E-state index contributed by atoms with van der Waals surface area (Å²) >= 11 is 3.11. The molecule has 0 heterocycles. The summed E-state index contributed by atoms with van der Waals surface area (Å²) in [5, 5.41) is 8.62. The van der Waals surface area contributed by atoms with Crippen LogP contribution in [0, 0.1) is 17.1 Å². The van der Waals surface area contributed by atoms with Gasteiger partial charge in [0, 0.05) is 10.0 Å². The van der Waals surface area contributed by atoms with Crippen molar-refractivity contribution in [2.75, 3.05) is 7.11 Å². The van der Waals surface area contributed by atoms with Crippen molar-refractivity contribution in [2.45, 2.75) is 6.42 Å². The Morgan fingerprint density at radius 2 is 2.33 bits per heavy atom. The summed E-state index contributed by atoms with van der Waals surface area (Å²) in [6.45, 7) is 0. The molecular formula is C10H7BrFNO2. The highest BCUT2D eigenvalue weighted by Gasteiger charge is 2.11. The molecule has 1 aromatic rings. The second-order valence-corrected chi connectivity index (χ2v) is 3.64. The lowest BCUT2D eigenvalue weighted by molar-refractivity contribution is -0.139. The van der Waals surface area contributed by atoms with Crippen LogP contribution in [-0.4, -0.2) is 13.1 Å². The third kappa shape index (κ3) is 2.77. The molecule has 0 fully saturated rings. The molecule has 3 nitrogen and oxygen atoms in total. The molecule has 0 aromatic heterocycles. The van der Waals surface area contributed by atoms with Gasteiger partial charge in [-0.05, 0) is 28.1 Å². The molecule has 78 valence electrons. The zero-order chi connectivity index (χ0) is 11.4. The highest BCUT2D eigenvalue weighted by Crippen LogP contribution is 2.21. The lowest BCUT2D eigenvalue weighted by atomic mass is 10.1. The SMILES string of the molecule is COC(=O)Cc1cc(Br)c(C#N)cc1F. The Morgan fingerprint density at radius 3 is 2.87 bits per heavy atom. The van der Waals surface area contributed by atoms with Gasteiger partial charge in [0.15, 0.2) is 0 Å². The van der Waals surface area contributed by atoms with Gasteiger partial charge in [-0.3, -0.25) is 4.79 Å². The van der Waals surface area contributed by atoms with Crippen LogP contribution in [0.25, 0.3) is 0 Å². The Hall–Kier alpha value is -1.41. The first-order valence-corrected chi connectivity index (χ1v) is 4.82. The van der Waals surface area contributed by atoms with E-state index in [0.29, 0.717) is 4.47 Å². The standard InChI is InChI=1S/C10H7BrFNO2/c1-15-10(14)4-6-2-8(11)7(5-13)3-9(6)12/h2-3H,4H2,1H3. The highest BCUT2D eigenvalue weighted by atomic mass is 79.9. The van der Waals surface area contributed by atoms with Gasteiger partial charge in [-0.25, -0.2) is 4.39 Å². The summed E-state index contributed by atoms with van der Waals surface area (Å²) in [6.07, 6.45) is -0.146. The summed E-state index contributed by atoms with van der Waals surface area (Å²) in [5.74, 6) is -1.11. The Kier molecular flexibility index (Phi) is 3.81. The average Bonchev–Trinajstić information content (AvgIpc) is 2.22. The number of methoxy groups -OCH3 is 1. The van der Waals surface area contributed by atoms with E-state index in [0.717, 1.165) is 6.07 Å². The second-order valence-electron chi connectivity index (χ2n) is 2.79. The molecule has 0 N–H and O–H groups in total. The molecule has 0 aliphatic carbocycles. The Balaban J connectivity index is 3.06. The number of hydrogen-bond donors (Lipinski definition) is 0. The fourth-order valence-corrected chi connectivity index (χ4v) is 1.52. The fraction of sp³-hybridized carbons (Fsp3) is 0.200. The van der Waals surface area contributed by atoms with E-state index in [4.69, 9.17) is 5.26 Å². The largest absolute Gasteiger partial charge is 0.469 e.